The van der Waals surface area contributed by atoms with Crippen LogP contribution in [0.25, 0.3) is 0 Å². The molecule has 0 radical (unpaired) electrons. The second-order valence-electron chi connectivity index (χ2n) is 5.60. The molecule has 4 aliphatic rings. The Bertz CT molecular complexity index is 338. The van der Waals surface area contributed by atoms with Crippen molar-refractivity contribution >= 4 is 21.6 Å². The minimum absolute atomic E-state index is 0.0179. The summed E-state index contributed by atoms with van der Waals surface area (Å²) in [4.78, 5) is 0. The van der Waals surface area contributed by atoms with Crippen LogP contribution in [0.3, 0.4) is 0 Å². The van der Waals surface area contributed by atoms with E-state index in [1.165, 1.54) is 0 Å². The molecule has 8 heteroatoms. The van der Waals surface area contributed by atoms with E-state index >= 15 is 0 Å². The average Bonchev–Trinajstić information content (AvgIpc) is 3.15. The second kappa shape index (κ2) is 5.58. The quantitative estimate of drug-likeness (QED) is 0.669. The molecule has 4 fully saturated rings. The number of fused-ring (bicyclic) bond motifs is 2. The summed E-state index contributed by atoms with van der Waals surface area (Å²) in [5.41, 5.74) is 0. The van der Waals surface area contributed by atoms with Gasteiger partial charge in [-0.15, -0.1) is 0 Å². The molecule has 0 aliphatic carbocycles. The lowest BCUT2D eigenvalue weighted by molar-refractivity contribution is 0.0188. The molecule has 0 spiro atoms. The summed E-state index contributed by atoms with van der Waals surface area (Å²) in [7, 11) is 3.45. The van der Waals surface area contributed by atoms with Gasteiger partial charge in [-0.1, -0.05) is 21.6 Å². The van der Waals surface area contributed by atoms with Crippen LogP contribution in [0.4, 0.5) is 0 Å². The molecule has 4 heterocycles. The van der Waals surface area contributed by atoms with Crippen molar-refractivity contribution in [2.45, 2.75) is 47.1 Å². The maximum Gasteiger partial charge on any atom is 0.113 e. The molecule has 4 saturated heterocycles. The van der Waals surface area contributed by atoms with Crippen LogP contribution < -0.4 is 0 Å². The minimum atomic E-state index is -0.497. The molecular weight excluding hydrogens is 304 g/mol. The molecule has 2 N–H and O–H groups in total. The topological polar surface area (TPSA) is 77.4 Å². The van der Waals surface area contributed by atoms with Crippen LogP contribution in [0, 0.1) is 0 Å². The molecule has 4 aliphatic heterocycles. The third kappa shape index (κ3) is 2.30. The Labute approximate surface area is 124 Å². The fourth-order valence-corrected chi connectivity index (χ4v) is 6.28. The van der Waals surface area contributed by atoms with E-state index in [-0.39, 0.29) is 34.9 Å². The molecule has 0 aromatic heterocycles. The molecule has 4 rings (SSSR count). The summed E-state index contributed by atoms with van der Waals surface area (Å²) >= 11 is 0. The van der Waals surface area contributed by atoms with E-state index in [9.17, 15) is 10.2 Å². The van der Waals surface area contributed by atoms with Crippen molar-refractivity contribution in [2.24, 2.45) is 0 Å². The van der Waals surface area contributed by atoms with Gasteiger partial charge in [-0.05, 0) is 0 Å². The fraction of sp³-hybridized carbons (Fsp3) is 1.00. The first-order chi connectivity index (χ1) is 9.74. The molecule has 0 aromatic carbocycles. The summed E-state index contributed by atoms with van der Waals surface area (Å²) in [6, 6.07) is 0. The first-order valence-electron chi connectivity index (χ1n) is 6.88. The van der Waals surface area contributed by atoms with Gasteiger partial charge in [-0.3, -0.25) is 0 Å². The van der Waals surface area contributed by atoms with Gasteiger partial charge in [0.25, 0.3) is 0 Å². The Balaban J connectivity index is 1.31. The van der Waals surface area contributed by atoms with E-state index in [4.69, 9.17) is 18.9 Å². The Morgan fingerprint density at radius 3 is 1.45 bits per heavy atom. The number of rotatable bonds is 3. The molecule has 114 valence electrons. The van der Waals surface area contributed by atoms with Gasteiger partial charge in [0.1, 0.15) is 36.6 Å². The lowest BCUT2D eigenvalue weighted by Crippen LogP contribution is -2.31. The van der Waals surface area contributed by atoms with Crippen LogP contribution in [-0.4, -0.2) is 83.8 Å². The number of hydrogen-bond donors (Lipinski definition) is 2. The monoisotopic (exact) mass is 322 g/mol. The van der Waals surface area contributed by atoms with Gasteiger partial charge in [0.15, 0.2) is 0 Å². The number of hydrogen-bond acceptors (Lipinski definition) is 8. The third-order valence-electron chi connectivity index (χ3n) is 4.27. The van der Waals surface area contributed by atoms with Crippen molar-refractivity contribution in [1.29, 1.82) is 0 Å². The van der Waals surface area contributed by atoms with Crippen LogP contribution in [0.1, 0.15) is 0 Å². The zero-order chi connectivity index (χ0) is 13.7. The van der Waals surface area contributed by atoms with Crippen LogP contribution in [0.5, 0.6) is 0 Å². The van der Waals surface area contributed by atoms with Crippen molar-refractivity contribution in [3.05, 3.63) is 0 Å². The minimum Gasteiger partial charge on any atom is -0.388 e. The molecule has 0 bridgehead atoms. The van der Waals surface area contributed by atoms with Crippen LogP contribution in [-0.2, 0) is 18.9 Å². The summed E-state index contributed by atoms with van der Waals surface area (Å²) in [5, 5.41) is 19.9. The first kappa shape index (κ1) is 14.1. The lowest BCUT2D eigenvalue weighted by Gasteiger charge is -2.19. The first-order valence-corrected chi connectivity index (χ1v) is 9.16. The molecular formula is C12H18O6S2. The van der Waals surface area contributed by atoms with E-state index in [2.05, 4.69) is 0 Å². The highest BCUT2D eigenvalue weighted by molar-refractivity contribution is 8.77. The highest BCUT2D eigenvalue weighted by Gasteiger charge is 2.50. The third-order valence-corrected chi connectivity index (χ3v) is 7.50. The Kier molecular flexibility index (Phi) is 3.93. The Hall–Kier alpha value is 0.460. The fourth-order valence-electron chi connectivity index (χ4n) is 3.20. The number of aliphatic hydroxyl groups excluding tert-OH is 2. The summed E-state index contributed by atoms with van der Waals surface area (Å²) in [6.45, 7) is 1.94. The van der Waals surface area contributed by atoms with E-state index in [1.54, 1.807) is 21.6 Å². The molecule has 0 amide bonds. The Morgan fingerprint density at radius 2 is 1.00 bits per heavy atom. The van der Waals surface area contributed by atoms with Crippen molar-refractivity contribution in [3.63, 3.8) is 0 Å². The summed E-state index contributed by atoms with van der Waals surface area (Å²) in [5.74, 6) is 0. The van der Waals surface area contributed by atoms with E-state index in [0.29, 0.717) is 26.4 Å². The molecule has 0 saturated carbocycles. The SMILES string of the molecule is O[C@@H]1COC2C(SS[C@H]3COC4C3OC[C@H]4O)COC21. The van der Waals surface area contributed by atoms with Gasteiger partial charge in [-0.2, -0.15) is 0 Å². The molecule has 8 atom stereocenters. The van der Waals surface area contributed by atoms with Crippen molar-refractivity contribution in [3.8, 4) is 0 Å². The van der Waals surface area contributed by atoms with Crippen LogP contribution in [0.2, 0.25) is 0 Å². The summed E-state index contributed by atoms with van der Waals surface area (Å²) < 4.78 is 22.4. The molecule has 20 heavy (non-hydrogen) atoms. The smallest absolute Gasteiger partial charge is 0.113 e. The second-order valence-corrected chi connectivity index (χ2v) is 8.35. The molecule has 0 aromatic rings. The van der Waals surface area contributed by atoms with Gasteiger partial charge >= 0.3 is 0 Å². The van der Waals surface area contributed by atoms with Crippen LogP contribution in [0.15, 0.2) is 0 Å². The van der Waals surface area contributed by atoms with Crippen molar-refractivity contribution in [2.75, 3.05) is 26.4 Å². The van der Waals surface area contributed by atoms with E-state index in [1.807, 2.05) is 0 Å². The van der Waals surface area contributed by atoms with Crippen LogP contribution >= 0.6 is 21.6 Å². The Morgan fingerprint density at radius 1 is 0.600 bits per heavy atom. The maximum atomic E-state index is 9.72. The number of ether oxygens (including phenoxy) is 4. The highest BCUT2D eigenvalue weighted by Crippen LogP contribution is 2.45. The standard InChI is InChI=1S/C12H18O6S2/c13-5-1-15-11-7(3-17-9(5)11)19-20-8-4-18-10-6(14)2-16-12(8)10/h5-14H,1-4H2/t5-,6-,7+,8?,9?,10?,11?,12?/m1/s1. The van der Waals surface area contributed by atoms with Gasteiger partial charge in [-0.25, -0.2) is 0 Å². The molecule has 5 unspecified atom stereocenters. The molecule has 6 nitrogen and oxygen atoms in total. The maximum absolute atomic E-state index is 9.72. The zero-order valence-corrected chi connectivity index (χ0v) is 12.4. The number of aliphatic hydroxyl groups is 2. The highest BCUT2D eigenvalue weighted by atomic mass is 33.1. The van der Waals surface area contributed by atoms with Gasteiger partial charge in [0, 0.05) is 0 Å². The predicted octanol–water partition coefficient (Wildman–Crippen LogP) is -0.578. The van der Waals surface area contributed by atoms with Gasteiger partial charge in [0.05, 0.1) is 36.9 Å². The van der Waals surface area contributed by atoms with E-state index in [0.717, 1.165) is 0 Å². The van der Waals surface area contributed by atoms with E-state index < -0.39 is 12.2 Å². The largest absolute Gasteiger partial charge is 0.388 e. The van der Waals surface area contributed by atoms with Gasteiger partial charge in [0.2, 0.25) is 0 Å². The lowest BCUT2D eigenvalue weighted by atomic mass is 10.1. The van der Waals surface area contributed by atoms with Crippen molar-refractivity contribution in [1.82, 2.24) is 0 Å². The van der Waals surface area contributed by atoms with Crippen molar-refractivity contribution < 1.29 is 29.2 Å². The zero-order valence-electron chi connectivity index (χ0n) is 10.8. The average molecular weight is 322 g/mol. The van der Waals surface area contributed by atoms with Gasteiger partial charge < -0.3 is 29.2 Å². The predicted molar refractivity (Wildman–Crippen MR) is 73.7 cm³/mol. The normalized spacial score (nSPS) is 54.3. The summed E-state index contributed by atoms with van der Waals surface area (Å²) in [6.07, 6.45) is -1.38.